The fraction of sp³-hybridized carbons (Fsp3) is 0.357. The van der Waals surface area contributed by atoms with Crippen LogP contribution in [0.25, 0.3) is 0 Å². The molecule has 8 heteroatoms. The molecular weight excluding hydrogens is 288 g/mol. The molecule has 0 saturated heterocycles. The van der Waals surface area contributed by atoms with Crippen LogP contribution in [0.3, 0.4) is 0 Å². The molecule has 2 aromatic heterocycles. The third kappa shape index (κ3) is 3.95. The number of methoxy groups -OCH3 is 2. The largest absolute Gasteiger partial charge is 0.479 e. The van der Waals surface area contributed by atoms with Crippen molar-refractivity contribution < 1.29 is 18.7 Å². The molecule has 0 bridgehead atoms. The summed E-state index contributed by atoms with van der Waals surface area (Å²) in [5.74, 6) is 1.66. The molecule has 2 N–H and O–H groups in total. The standard InChI is InChI=1S/C14H18N4O4/c1-9-4-5-12(22-9)11(7-20-2)18-14(19)17-10-6-15-8-16-13(10)21-3/h4-6,8,11H,7H2,1-3H3,(H2,17,18,19). The molecule has 2 heterocycles. The zero-order valence-electron chi connectivity index (χ0n) is 12.6. The summed E-state index contributed by atoms with van der Waals surface area (Å²) in [5.41, 5.74) is 0.370. The van der Waals surface area contributed by atoms with Crippen molar-refractivity contribution in [2.45, 2.75) is 13.0 Å². The van der Waals surface area contributed by atoms with Crippen molar-refractivity contribution in [1.82, 2.24) is 15.3 Å². The number of amides is 2. The molecule has 0 aliphatic rings. The first kappa shape index (κ1) is 15.8. The van der Waals surface area contributed by atoms with Gasteiger partial charge in [-0.15, -0.1) is 0 Å². The first-order chi connectivity index (χ1) is 10.6. The Morgan fingerprint density at radius 1 is 1.41 bits per heavy atom. The van der Waals surface area contributed by atoms with Crippen LogP contribution in [0.15, 0.2) is 29.1 Å². The number of furan rings is 1. The molecule has 0 aliphatic carbocycles. The third-order valence-corrected chi connectivity index (χ3v) is 2.86. The predicted octanol–water partition coefficient (Wildman–Crippen LogP) is 1.90. The number of aryl methyl sites for hydroxylation is 1. The zero-order chi connectivity index (χ0) is 15.9. The Morgan fingerprint density at radius 3 is 2.86 bits per heavy atom. The Balaban J connectivity index is 2.05. The van der Waals surface area contributed by atoms with Crippen molar-refractivity contribution in [3.05, 3.63) is 36.2 Å². The van der Waals surface area contributed by atoms with Gasteiger partial charge in [-0.1, -0.05) is 0 Å². The normalized spacial score (nSPS) is 11.8. The Hall–Kier alpha value is -2.61. The van der Waals surface area contributed by atoms with Gasteiger partial charge in [-0.05, 0) is 19.1 Å². The monoisotopic (exact) mass is 306 g/mol. The number of hydrogen-bond acceptors (Lipinski definition) is 6. The molecule has 0 spiro atoms. The number of nitrogens with zero attached hydrogens (tertiary/aromatic N) is 2. The average molecular weight is 306 g/mol. The summed E-state index contributed by atoms with van der Waals surface area (Å²) in [6.07, 6.45) is 2.79. The number of hydrogen-bond donors (Lipinski definition) is 2. The average Bonchev–Trinajstić information content (AvgIpc) is 2.94. The highest BCUT2D eigenvalue weighted by Gasteiger charge is 2.18. The molecule has 0 aliphatic heterocycles. The van der Waals surface area contributed by atoms with E-state index in [1.54, 1.807) is 13.2 Å². The van der Waals surface area contributed by atoms with Crippen molar-refractivity contribution in [2.75, 3.05) is 26.1 Å². The molecule has 22 heavy (non-hydrogen) atoms. The van der Waals surface area contributed by atoms with Gasteiger partial charge in [0.1, 0.15) is 29.6 Å². The smallest absolute Gasteiger partial charge is 0.320 e. The van der Waals surface area contributed by atoms with Gasteiger partial charge in [-0.3, -0.25) is 0 Å². The Bertz CT molecular complexity index is 629. The molecular formula is C14H18N4O4. The van der Waals surface area contributed by atoms with Crippen LogP contribution in [0.4, 0.5) is 10.5 Å². The lowest BCUT2D eigenvalue weighted by Crippen LogP contribution is -2.34. The van der Waals surface area contributed by atoms with Gasteiger partial charge in [-0.25, -0.2) is 9.78 Å². The van der Waals surface area contributed by atoms with Crippen LogP contribution < -0.4 is 15.4 Å². The van der Waals surface area contributed by atoms with E-state index in [9.17, 15) is 4.79 Å². The summed E-state index contributed by atoms with van der Waals surface area (Å²) in [6.45, 7) is 2.11. The van der Waals surface area contributed by atoms with Crippen molar-refractivity contribution in [2.24, 2.45) is 0 Å². The van der Waals surface area contributed by atoms with Gasteiger partial charge in [0.2, 0.25) is 5.88 Å². The van der Waals surface area contributed by atoms with E-state index in [1.807, 2.05) is 13.0 Å². The summed E-state index contributed by atoms with van der Waals surface area (Å²) in [4.78, 5) is 19.9. The highest BCUT2D eigenvalue weighted by atomic mass is 16.5. The van der Waals surface area contributed by atoms with Gasteiger partial charge in [0.15, 0.2) is 0 Å². The van der Waals surface area contributed by atoms with Crippen LogP contribution >= 0.6 is 0 Å². The summed E-state index contributed by atoms with van der Waals surface area (Å²) in [5, 5.41) is 5.40. The van der Waals surface area contributed by atoms with Crippen LogP contribution in [-0.2, 0) is 4.74 Å². The van der Waals surface area contributed by atoms with Crippen LogP contribution in [-0.4, -0.2) is 36.8 Å². The van der Waals surface area contributed by atoms with Gasteiger partial charge < -0.3 is 24.5 Å². The molecule has 0 saturated carbocycles. The van der Waals surface area contributed by atoms with Gasteiger partial charge in [0.25, 0.3) is 0 Å². The highest BCUT2D eigenvalue weighted by molar-refractivity contribution is 5.90. The van der Waals surface area contributed by atoms with E-state index in [-0.39, 0.29) is 12.5 Å². The van der Waals surface area contributed by atoms with E-state index in [4.69, 9.17) is 13.9 Å². The third-order valence-electron chi connectivity index (χ3n) is 2.86. The first-order valence-electron chi connectivity index (χ1n) is 6.60. The molecule has 0 aromatic carbocycles. The summed E-state index contributed by atoms with van der Waals surface area (Å²) in [7, 11) is 3.02. The highest BCUT2D eigenvalue weighted by Crippen LogP contribution is 2.20. The number of rotatable bonds is 6. The first-order valence-corrected chi connectivity index (χ1v) is 6.60. The van der Waals surface area contributed by atoms with E-state index in [2.05, 4.69) is 20.6 Å². The number of anilines is 1. The van der Waals surface area contributed by atoms with Gasteiger partial charge >= 0.3 is 6.03 Å². The van der Waals surface area contributed by atoms with E-state index in [0.29, 0.717) is 11.4 Å². The number of carbonyl (C=O) groups is 1. The Morgan fingerprint density at radius 2 is 2.23 bits per heavy atom. The molecule has 0 radical (unpaired) electrons. The zero-order valence-corrected chi connectivity index (χ0v) is 12.6. The fourth-order valence-electron chi connectivity index (χ4n) is 1.89. The molecule has 2 rings (SSSR count). The summed E-state index contributed by atoms with van der Waals surface area (Å²) < 4.78 is 15.7. The number of nitrogens with one attached hydrogen (secondary N) is 2. The van der Waals surface area contributed by atoms with Crippen molar-refractivity contribution in [1.29, 1.82) is 0 Å². The van der Waals surface area contributed by atoms with E-state index >= 15 is 0 Å². The maximum Gasteiger partial charge on any atom is 0.320 e. The maximum atomic E-state index is 12.1. The lowest BCUT2D eigenvalue weighted by Gasteiger charge is -2.16. The van der Waals surface area contributed by atoms with Gasteiger partial charge in [-0.2, -0.15) is 4.98 Å². The van der Waals surface area contributed by atoms with Crippen LogP contribution in [0, 0.1) is 6.92 Å². The summed E-state index contributed by atoms with van der Waals surface area (Å²) in [6, 6.07) is 2.77. The quantitative estimate of drug-likeness (QED) is 0.845. The molecule has 1 unspecified atom stereocenters. The SMILES string of the molecule is COCC(NC(=O)Nc1cncnc1OC)c1ccc(C)o1. The second-order valence-corrected chi connectivity index (χ2v) is 4.50. The Labute approximate surface area is 127 Å². The lowest BCUT2D eigenvalue weighted by atomic mass is 10.2. The maximum absolute atomic E-state index is 12.1. The lowest BCUT2D eigenvalue weighted by molar-refractivity contribution is 0.158. The predicted molar refractivity (Wildman–Crippen MR) is 78.8 cm³/mol. The van der Waals surface area contributed by atoms with Gasteiger partial charge in [0, 0.05) is 7.11 Å². The molecule has 2 aromatic rings. The number of aromatic nitrogens is 2. The van der Waals surface area contributed by atoms with Crippen LogP contribution in [0.2, 0.25) is 0 Å². The fourth-order valence-corrected chi connectivity index (χ4v) is 1.89. The number of urea groups is 1. The van der Waals surface area contributed by atoms with Crippen molar-refractivity contribution in [3.8, 4) is 5.88 Å². The molecule has 0 fully saturated rings. The van der Waals surface area contributed by atoms with E-state index < -0.39 is 12.1 Å². The van der Waals surface area contributed by atoms with Crippen molar-refractivity contribution >= 4 is 11.7 Å². The number of ether oxygens (including phenoxy) is 2. The van der Waals surface area contributed by atoms with E-state index in [0.717, 1.165) is 5.76 Å². The second kappa shape index (κ2) is 7.41. The number of carbonyl (C=O) groups excluding carboxylic acids is 1. The molecule has 118 valence electrons. The van der Waals surface area contributed by atoms with E-state index in [1.165, 1.54) is 19.6 Å². The molecule has 1 atom stereocenters. The minimum Gasteiger partial charge on any atom is -0.479 e. The van der Waals surface area contributed by atoms with Crippen LogP contribution in [0.5, 0.6) is 5.88 Å². The second-order valence-electron chi connectivity index (χ2n) is 4.50. The topological polar surface area (TPSA) is 98.5 Å². The van der Waals surface area contributed by atoms with Crippen molar-refractivity contribution in [3.63, 3.8) is 0 Å². The molecule has 2 amide bonds. The van der Waals surface area contributed by atoms with Crippen LogP contribution in [0.1, 0.15) is 17.6 Å². The van der Waals surface area contributed by atoms with Gasteiger partial charge in [0.05, 0.1) is 19.9 Å². The Kier molecular flexibility index (Phi) is 5.31. The molecule has 8 nitrogen and oxygen atoms in total. The minimum atomic E-state index is -0.441. The minimum absolute atomic E-state index is 0.280. The summed E-state index contributed by atoms with van der Waals surface area (Å²) >= 11 is 0.